The Morgan fingerprint density at radius 3 is 2.53 bits per heavy atom. The van der Waals surface area contributed by atoms with Gasteiger partial charge in [-0.2, -0.15) is 13.2 Å². The largest absolute Gasteiger partial charge is 0.487 e. The van der Waals surface area contributed by atoms with Gasteiger partial charge in [-0.15, -0.1) is 0 Å². The number of hydrogen-bond acceptors (Lipinski definition) is 4. The topological polar surface area (TPSA) is 61.0 Å². The van der Waals surface area contributed by atoms with Crippen molar-refractivity contribution in [2.24, 2.45) is 5.73 Å². The molecule has 0 bridgehead atoms. The minimum Gasteiger partial charge on any atom is -0.487 e. The smallest absolute Gasteiger partial charge is 0.451 e. The van der Waals surface area contributed by atoms with E-state index in [1.54, 1.807) is 0 Å². The maximum Gasteiger partial charge on any atom is 0.451 e. The summed E-state index contributed by atoms with van der Waals surface area (Å²) in [7, 11) is 0. The van der Waals surface area contributed by atoms with Crippen LogP contribution in [0.15, 0.2) is 6.20 Å². The third-order valence-electron chi connectivity index (χ3n) is 2.61. The Kier molecular flexibility index (Phi) is 2.94. The summed E-state index contributed by atoms with van der Waals surface area (Å²) in [6.07, 6.45) is -2.08. The number of nitrogens with zero attached hydrogens (tertiary/aromatic N) is 2. The van der Waals surface area contributed by atoms with Gasteiger partial charge in [0.1, 0.15) is 6.10 Å². The van der Waals surface area contributed by atoms with Crippen LogP contribution in [0.4, 0.5) is 13.2 Å². The fraction of sp³-hybridized carbons (Fsp3) is 0.600. The molecule has 1 aromatic rings. The molecule has 0 radical (unpaired) electrons. The number of ether oxygens (including phenoxy) is 1. The summed E-state index contributed by atoms with van der Waals surface area (Å²) >= 11 is 0. The molecule has 1 saturated carbocycles. The number of halogens is 3. The first kappa shape index (κ1) is 12.1. The van der Waals surface area contributed by atoms with Crippen molar-refractivity contribution in [1.82, 2.24) is 9.97 Å². The van der Waals surface area contributed by atoms with Crippen LogP contribution in [0.3, 0.4) is 0 Å². The summed E-state index contributed by atoms with van der Waals surface area (Å²) in [6, 6.07) is 0.121. The Morgan fingerprint density at radius 2 is 2.06 bits per heavy atom. The first-order chi connectivity index (χ1) is 7.86. The molecule has 1 aromatic heterocycles. The van der Waals surface area contributed by atoms with Gasteiger partial charge in [0, 0.05) is 6.04 Å². The minimum atomic E-state index is -4.53. The average Bonchev–Trinajstić information content (AvgIpc) is 2.16. The van der Waals surface area contributed by atoms with Crippen molar-refractivity contribution in [3.05, 3.63) is 17.7 Å². The van der Waals surface area contributed by atoms with Crippen LogP contribution in [-0.2, 0) is 6.18 Å². The summed E-state index contributed by atoms with van der Waals surface area (Å²) in [5.74, 6) is -0.859. The molecule has 0 aliphatic heterocycles. The van der Waals surface area contributed by atoms with Crippen LogP contribution in [-0.4, -0.2) is 22.1 Å². The van der Waals surface area contributed by atoms with Crippen molar-refractivity contribution in [2.75, 3.05) is 0 Å². The molecule has 1 heterocycles. The number of alkyl halides is 3. The van der Waals surface area contributed by atoms with Gasteiger partial charge in [-0.25, -0.2) is 9.97 Å². The average molecular weight is 247 g/mol. The normalized spacial score (nSPS) is 24.3. The van der Waals surface area contributed by atoms with Gasteiger partial charge in [-0.05, 0) is 19.8 Å². The summed E-state index contributed by atoms with van der Waals surface area (Å²) in [6.45, 7) is 1.46. The van der Waals surface area contributed by atoms with Gasteiger partial charge >= 0.3 is 6.18 Å². The summed E-state index contributed by atoms with van der Waals surface area (Å²) in [5, 5.41) is 0. The van der Waals surface area contributed by atoms with E-state index >= 15 is 0 Å². The zero-order chi connectivity index (χ0) is 12.6. The summed E-state index contributed by atoms with van der Waals surface area (Å²) < 4.78 is 42.4. The van der Waals surface area contributed by atoms with E-state index in [1.807, 2.05) is 0 Å². The lowest BCUT2D eigenvalue weighted by atomic mass is 9.90. The van der Waals surface area contributed by atoms with Gasteiger partial charge in [0.25, 0.3) is 0 Å². The Hall–Kier alpha value is -1.37. The molecule has 1 aliphatic carbocycles. The van der Waals surface area contributed by atoms with E-state index in [0.29, 0.717) is 12.8 Å². The van der Waals surface area contributed by atoms with E-state index in [1.165, 1.54) is 6.92 Å². The Balaban J connectivity index is 2.09. The van der Waals surface area contributed by atoms with E-state index in [9.17, 15) is 13.2 Å². The second-order valence-corrected chi connectivity index (χ2v) is 4.11. The molecule has 94 valence electrons. The number of hydrogen-bond donors (Lipinski definition) is 1. The van der Waals surface area contributed by atoms with Gasteiger partial charge < -0.3 is 10.5 Å². The first-order valence-electron chi connectivity index (χ1n) is 5.19. The van der Waals surface area contributed by atoms with E-state index in [-0.39, 0.29) is 23.6 Å². The maximum absolute atomic E-state index is 12.3. The van der Waals surface area contributed by atoms with Crippen LogP contribution >= 0.6 is 0 Å². The maximum atomic E-state index is 12.3. The van der Waals surface area contributed by atoms with Crippen molar-refractivity contribution < 1.29 is 17.9 Å². The number of nitrogens with two attached hydrogens (primary N) is 1. The highest BCUT2D eigenvalue weighted by Gasteiger charge is 2.35. The zero-order valence-corrected chi connectivity index (χ0v) is 9.16. The third kappa shape index (κ3) is 2.66. The van der Waals surface area contributed by atoms with Crippen LogP contribution in [0.2, 0.25) is 0 Å². The van der Waals surface area contributed by atoms with Crippen LogP contribution in [0.1, 0.15) is 24.4 Å². The molecule has 4 nitrogen and oxygen atoms in total. The molecule has 2 N–H and O–H groups in total. The quantitative estimate of drug-likeness (QED) is 0.863. The zero-order valence-electron chi connectivity index (χ0n) is 9.16. The van der Waals surface area contributed by atoms with E-state index in [0.717, 1.165) is 6.20 Å². The molecule has 0 saturated heterocycles. The lowest BCUT2D eigenvalue weighted by Crippen LogP contribution is -2.43. The SMILES string of the molecule is Cc1nc(C(F)(F)F)ncc1O[C@H]1C[C@H](N)C1. The molecule has 0 atom stereocenters. The second kappa shape index (κ2) is 4.14. The summed E-state index contributed by atoms with van der Waals surface area (Å²) in [4.78, 5) is 6.63. The second-order valence-electron chi connectivity index (χ2n) is 4.11. The molecule has 17 heavy (non-hydrogen) atoms. The summed E-state index contributed by atoms with van der Waals surface area (Å²) in [5.41, 5.74) is 5.77. The molecule has 0 unspecified atom stereocenters. The molecular formula is C10H12F3N3O. The molecule has 0 amide bonds. The highest BCUT2D eigenvalue weighted by molar-refractivity contribution is 5.24. The fourth-order valence-electron chi connectivity index (χ4n) is 1.59. The van der Waals surface area contributed by atoms with E-state index in [2.05, 4.69) is 9.97 Å². The third-order valence-corrected chi connectivity index (χ3v) is 2.61. The Morgan fingerprint density at radius 1 is 1.41 bits per heavy atom. The lowest BCUT2D eigenvalue weighted by Gasteiger charge is -2.32. The molecule has 0 spiro atoms. The van der Waals surface area contributed by atoms with E-state index in [4.69, 9.17) is 10.5 Å². The number of rotatable bonds is 2. The van der Waals surface area contributed by atoms with Crippen LogP contribution in [0.5, 0.6) is 5.75 Å². The van der Waals surface area contributed by atoms with Crippen molar-refractivity contribution in [2.45, 2.75) is 38.1 Å². The minimum absolute atomic E-state index is 0.0379. The fourth-order valence-corrected chi connectivity index (χ4v) is 1.59. The van der Waals surface area contributed by atoms with Gasteiger partial charge in [-0.1, -0.05) is 0 Å². The predicted molar refractivity (Wildman–Crippen MR) is 53.4 cm³/mol. The van der Waals surface area contributed by atoms with Crippen molar-refractivity contribution in [3.63, 3.8) is 0 Å². The highest BCUT2D eigenvalue weighted by Crippen LogP contribution is 2.29. The highest BCUT2D eigenvalue weighted by atomic mass is 19.4. The molecular weight excluding hydrogens is 235 g/mol. The van der Waals surface area contributed by atoms with E-state index < -0.39 is 12.0 Å². The van der Waals surface area contributed by atoms with Crippen molar-refractivity contribution in [3.8, 4) is 5.75 Å². The Labute approximate surface area is 96.0 Å². The molecule has 0 aromatic carbocycles. The van der Waals surface area contributed by atoms with Crippen molar-refractivity contribution >= 4 is 0 Å². The number of aromatic nitrogens is 2. The molecule has 2 rings (SSSR count). The molecule has 1 fully saturated rings. The monoisotopic (exact) mass is 247 g/mol. The molecule has 7 heteroatoms. The van der Waals surface area contributed by atoms with Crippen LogP contribution in [0, 0.1) is 6.92 Å². The Bertz CT molecular complexity index is 416. The van der Waals surface area contributed by atoms with Gasteiger partial charge in [0.15, 0.2) is 5.75 Å². The van der Waals surface area contributed by atoms with Crippen molar-refractivity contribution in [1.29, 1.82) is 0 Å². The van der Waals surface area contributed by atoms with Gasteiger partial charge in [0.05, 0.1) is 11.9 Å². The number of aryl methyl sites for hydroxylation is 1. The van der Waals surface area contributed by atoms with Crippen LogP contribution < -0.4 is 10.5 Å². The first-order valence-corrected chi connectivity index (χ1v) is 5.19. The van der Waals surface area contributed by atoms with Crippen LogP contribution in [0.25, 0.3) is 0 Å². The van der Waals surface area contributed by atoms with Gasteiger partial charge in [-0.3, -0.25) is 0 Å². The van der Waals surface area contributed by atoms with Gasteiger partial charge in [0.2, 0.25) is 5.82 Å². The predicted octanol–water partition coefficient (Wildman–Crippen LogP) is 1.67. The molecule has 1 aliphatic rings. The lowest BCUT2D eigenvalue weighted by molar-refractivity contribution is -0.145. The standard InChI is InChI=1S/C10H12F3N3O/c1-5-8(17-7-2-6(14)3-7)4-15-9(16-5)10(11,12)13/h4,6-7H,2-3,14H2,1H3/t6-,7-.